The molecule has 1 fully saturated rings. The second-order valence-corrected chi connectivity index (χ2v) is 8.13. The summed E-state index contributed by atoms with van der Waals surface area (Å²) in [6, 6.07) is 10.3. The van der Waals surface area contributed by atoms with Crippen molar-refractivity contribution >= 4 is 5.91 Å². The largest absolute Gasteiger partial charge is 0.354 e. The fraction of sp³-hybridized carbons (Fsp3) is 0.545. The number of amides is 1. The van der Waals surface area contributed by atoms with Gasteiger partial charge in [-0.05, 0) is 61.5 Å². The van der Waals surface area contributed by atoms with Crippen molar-refractivity contribution in [2.24, 2.45) is 11.8 Å². The first-order valence-electron chi connectivity index (χ1n) is 10.1. The van der Waals surface area contributed by atoms with Crippen LogP contribution in [0.4, 0.5) is 0 Å². The molecule has 27 heavy (non-hydrogen) atoms. The Morgan fingerprint density at radius 3 is 2.52 bits per heavy atom. The molecule has 1 saturated heterocycles. The lowest BCUT2D eigenvalue weighted by Crippen LogP contribution is -2.49. The zero-order valence-corrected chi connectivity index (χ0v) is 16.8. The van der Waals surface area contributed by atoms with E-state index in [0.717, 1.165) is 36.8 Å². The zero-order valence-electron chi connectivity index (χ0n) is 16.8. The van der Waals surface area contributed by atoms with Crippen LogP contribution in [0.1, 0.15) is 39.2 Å². The highest BCUT2D eigenvalue weighted by Gasteiger charge is 2.25. The van der Waals surface area contributed by atoms with E-state index in [1.54, 1.807) is 6.20 Å². The van der Waals surface area contributed by atoms with Gasteiger partial charge in [0.15, 0.2) is 0 Å². The van der Waals surface area contributed by atoms with Gasteiger partial charge in [0.25, 0.3) is 0 Å². The average molecular weight is 369 g/mol. The first kappa shape index (κ1) is 19.6. The van der Waals surface area contributed by atoms with Gasteiger partial charge in [0, 0.05) is 25.0 Å². The van der Waals surface area contributed by atoms with Crippen molar-refractivity contribution in [2.75, 3.05) is 19.6 Å². The molecule has 1 amide bonds. The highest BCUT2D eigenvalue weighted by Crippen LogP contribution is 2.21. The highest BCUT2D eigenvalue weighted by atomic mass is 16.1. The second kappa shape index (κ2) is 9.18. The number of nitrogens with zero attached hydrogens (tertiary/aromatic N) is 3. The van der Waals surface area contributed by atoms with Crippen LogP contribution in [0.15, 0.2) is 42.7 Å². The molecule has 1 aromatic carbocycles. The number of benzene rings is 1. The van der Waals surface area contributed by atoms with E-state index in [0.29, 0.717) is 18.4 Å². The fourth-order valence-electron chi connectivity index (χ4n) is 3.80. The fourth-order valence-corrected chi connectivity index (χ4v) is 3.80. The number of carbonyl (C=O) groups excluding carboxylic acids is 1. The molecule has 2 aromatic rings. The van der Waals surface area contributed by atoms with Gasteiger partial charge in [-0.2, -0.15) is 5.10 Å². The summed E-state index contributed by atoms with van der Waals surface area (Å²) in [5.41, 5.74) is 2.03. The van der Waals surface area contributed by atoms with Crippen molar-refractivity contribution in [3.8, 4) is 5.69 Å². The third-order valence-corrected chi connectivity index (χ3v) is 5.64. The van der Waals surface area contributed by atoms with Gasteiger partial charge in [0.1, 0.15) is 0 Å². The summed E-state index contributed by atoms with van der Waals surface area (Å²) in [6.45, 7) is 9.87. The zero-order chi connectivity index (χ0) is 19.2. The molecular formula is C22H32N4O. The normalized spacial score (nSPS) is 17.2. The molecule has 1 atom stereocenters. The van der Waals surface area contributed by atoms with Crippen LogP contribution in [0.25, 0.3) is 5.69 Å². The minimum atomic E-state index is 0.0952. The summed E-state index contributed by atoms with van der Waals surface area (Å²) >= 11 is 0. The molecule has 0 saturated carbocycles. The highest BCUT2D eigenvalue weighted by molar-refractivity contribution is 5.78. The SMILES string of the molecule is CC1CCN(C(CNC(=O)Cc2ccc(-n3cccn3)cc2)C(C)C)CC1. The minimum Gasteiger partial charge on any atom is -0.354 e. The number of hydrogen-bond acceptors (Lipinski definition) is 3. The number of piperidine rings is 1. The van der Waals surface area contributed by atoms with Crippen molar-refractivity contribution in [1.29, 1.82) is 0 Å². The quantitative estimate of drug-likeness (QED) is 0.816. The van der Waals surface area contributed by atoms with Crippen molar-refractivity contribution < 1.29 is 4.79 Å². The summed E-state index contributed by atoms with van der Waals surface area (Å²) in [6.07, 6.45) is 6.62. The van der Waals surface area contributed by atoms with E-state index in [4.69, 9.17) is 0 Å². The molecule has 5 nitrogen and oxygen atoms in total. The number of hydrogen-bond donors (Lipinski definition) is 1. The lowest BCUT2D eigenvalue weighted by atomic mass is 9.94. The lowest BCUT2D eigenvalue weighted by Gasteiger charge is -2.38. The number of rotatable bonds is 7. The Hall–Kier alpha value is -2.14. The number of nitrogens with one attached hydrogen (secondary N) is 1. The Morgan fingerprint density at radius 1 is 1.22 bits per heavy atom. The van der Waals surface area contributed by atoms with Crippen molar-refractivity contribution in [3.63, 3.8) is 0 Å². The van der Waals surface area contributed by atoms with Crippen LogP contribution >= 0.6 is 0 Å². The molecule has 1 unspecified atom stereocenters. The molecule has 1 aliphatic heterocycles. The van der Waals surface area contributed by atoms with Crippen LogP contribution in [0.3, 0.4) is 0 Å². The maximum absolute atomic E-state index is 12.4. The van der Waals surface area contributed by atoms with Crippen LogP contribution in [0, 0.1) is 11.8 Å². The van der Waals surface area contributed by atoms with Crippen molar-refractivity contribution in [2.45, 2.75) is 46.1 Å². The monoisotopic (exact) mass is 368 g/mol. The summed E-state index contributed by atoms with van der Waals surface area (Å²) in [7, 11) is 0. The van der Waals surface area contributed by atoms with Gasteiger partial charge in [-0.1, -0.05) is 32.9 Å². The van der Waals surface area contributed by atoms with E-state index in [2.05, 4.69) is 36.1 Å². The maximum atomic E-state index is 12.4. The molecule has 0 aliphatic carbocycles. The smallest absolute Gasteiger partial charge is 0.224 e. The molecule has 1 aliphatic rings. The molecule has 0 spiro atoms. The Kier molecular flexibility index (Phi) is 6.67. The average Bonchev–Trinajstić information content (AvgIpc) is 3.18. The first-order valence-corrected chi connectivity index (χ1v) is 10.1. The summed E-state index contributed by atoms with van der Waals surface area (Å²) in [4.78, 5) is 15.0. The van der Waals surface area contributed by atoms with E-state index in [1.165, 1.54) is 12.8 Å². The predicted octanol–water partition coefficient (Wildman–Crippen LogP) is 3.29. The van der Waals surface area contributed by atoms with Gasteiger partial charge < -0.3 is 5.32 Å². The van der Waals surface area contributed by atoms with Gasteiger partial charge in [0.05, 0.1) is 12.1 Å². The van der Waals surface area contributed by atoms with Crippen LogP contribution < -0.4 is 5.32 Å². The van der Waals surface area contributed by atoms with Crippen molar-refractivity contribution in [1.82, 2.24) is 20.0 Å². The van der Waals surface area contributed by atoms with Crippen LogP contribution in [-0.4, -0.2) is 46.3 Å². The van der Waals surface area contributed by atoms with E-state index in [1.807, 2.05) is 41.2 Å². The topological polar surface area (TPSA) is 50.2 Å². The Morgan fingerprint density at radius 2 is 1.93 bits per heavy atom. The Labute approximate surface area is 162 Å². The van der Waals surface area contributed by atoms with Gasteiger partial charge in [-0.15, -0.1) is 0 Å². The number of aromatic nitrogens is 2. The molecule has 2 heterocycles. The molecule has 1 N–H and O–H groups in total. The van der Waals surface area contributed by atoms with Gasteiger partial charge in [-0.3, -0.25) is 9.69 Å². The van der Waals surface area contributed by atoms with E-state index < -0.39 is 0 Å². The van der Waals surface area contributed by atoms with Gasteiger partial charge >= 0.3 is 0 Å². The first-order chi connectivity index (χ1) is 13.0. The Bertz CT molecular complexity index is 700. The third kappa shape index (κ3) is 5.42. The molecule has 1 aromatic heterocycles. The van der Waals surface area contributed by atoms with Gasteiger partial charge in [-0.25, -0.2) is 4.68 Å². The summed E-state index contributed by atoms with van der Waals surface area (Å²) < 4.78 is 1.82. The standard InChI is InChI=1S/C22H32N4O/c1-17(2)21(25-13-9-18(3)10-14-25)16-23-22(27)15-19-5-7-20(8-6-19)26-12-4-11-24-26/h4-8,11-12,17-18,21H,9-10,13-16H2,1-3H3,(H,23,27). The van der Waals surface area contributed by atoms with Crippen LogP contribution in [-0.2, 0) is 11.2 Å². The molecule has 3 rings (SSSR count). The summed E-state index contributed by atoms with van der Waals surface area (Å²) in [5, 5.41) is 7.39. The van der Waals surface area contributed by atoms with E-state index in [-0.39, 0.29) is 5.91 Å². The van der Waals surface area contributed by atoms with Crippen LogP contribution in [0.5, 0.6) is 0 Å². The van der Waals surface area contributed by atoms with Crippen LogP contribution in [0.2, 0.25) is 0 Å². The molecule has 5 heteroatoms. The second-order valence-electron chi connectivity index (χ2n) is 8.13. The van der Waals surface area contributed by atoms with Gasteiger partial charge in [0.2, 0.25) is 5.91 Å². The van der Waals surface area contributed by atoms with E-state index >= 15 is 0 Å². The minimum absolute atomic E-state index is 0.0952. The predicted molar refractivity (Wildman–Crippen MR) is 109 cm³/mol. The van der Waals surface area contributed by atoms with Crippen molar-refractivity contribution in [3.05, 3.63) is 48.3 Å². The lowest BCUT2D eigenvalue weighted by molar-refractivity contribution is -0.120. The van der Waals surface area contributed by atoms with E-state index in [9.17, 15) is 4.79 Å². The third-order valence-electron chi connectivity index (χ3n) is 5.64. The Balaban J connectivity index is 1.50. The maximum Gasteiger partial charge on any atom is 0.224 e. The molecular weight excluding hydrogens is 336 g/mol. The number of likely N-dealkylation sites (tertiary alicyclic amines) is 1. The number of carbonyl (C=O) groups is 1. The molecule has 0 radical (unpaired) electrons. The molecule has 0 bridgehead atoms. The molecule has 146 valence electrons. The summed E-state index contributed by atoms with van der Waals surface area (Å²) in [5.74, 6) is 1.46.